The number of carbonyl (C=O) groups excluding carboxylic acids is 2. The molecule has 0 unspecified atom stereocenters. The van der Waals surface area contributed by atoms with Crippen LogP contribution >= 0.6 is 0 Å². The highest BCUT2D eigenvalue weighted by atomic mass is 16.5. The van der Waals surface area contributed by atoms with E-state index < -0.39 is 6.09 Å². The summed E-state index contributed by atoms with van der Waals surface area (Å²) in [5.41, 5.74) is 0.211. The minimum absolute atomic E-state index is 0.211. The molecule has 0 aliphatic rings. The van der Waals surface area contributed by atoms with Gasteiger partial charge in [0.2, 0.25) is 0 Å². The molecule has 0 atom stereocenters. The van der Waals surface area contributed by atoms with Gasteiger partial charge in [-0.3, -0.25) is 4.79 Å². The lowest BCUT2D eigenvalue weighted by Crippen LogP contribution is -2.11. The van der Waals surface area contributed by atoms with Gasteiger partial charge in [0.05, 0.1) is 6.61 Å². The molecule has 0 bridgehead atoms. The minimum atomic E-state index is -0.530. The van der Waals surface area contributed by atoms with Crippen LogP contribution in [0, 0.1) is 0 Å². The van der Waals surface area contributed by atoms with E-state index in [0.717, 1.165) is 4.57 Å². The zero-order chi connectivity index (χ0) is 8.97. The molecule has 0 amide bonds. The summed E-state index contributed by atoms with van der Waals surface area (Å²) in [5.74, 6) is 0. The van der Waals surface area contributed by atoms with Crippen molar-refractivity contribution in [3.63, 3.8) is 0 Å². The van der Waals surface area contributed by atoms with Gasteiger partial charge in [0.25, 0.3) is 0 Å². The van der Waals surface area contributed by atoms with Crippen molar-refractivity contribution in [2.45, 2.75) is 6.92 Å². The topological polar surface area (TPSA) is 61.2 Å². The first-order valence-corrected chi connectivity index (χ1v) is 3.44. The molecule has 0 aliphatic heterocycles. The zero-order valence-corrected chi connectivity index (χ0v) is 6.56. The Morgan fingerprint density at radius 2 is 2.58 bits per heavy atom. The van der Waals surface area contributed by atoms with Gasteiger partial charge in [-0.25, -0.2) is 14.3 Å². The van der Waals surface area contributed by atoms with Crippen molar-refractivity contribution in [1.82, 2.24) is 9.55 Å². The number of hydrogen-bond acceptors (Lipinski definition) is 4. The Balaban J connectivity index is 2.74. The van der Waals surface area contributed by atoms with Crippen LogP contribution in [0.25, 0.3) is 0 Å². The number of hydrogen-bond donors (Lipinski definition) is 0. The van der Waals surface area contributed by atoms with Crippen LogP contribution in [0.1, 0.15) is 17.4 Å². The van der Waals surface area contributed by atoms with Gasteiger partial charge in [-0.05, 0) is 6.92 Å². The first-order chi connectivity index (χ1) is 5.77. The van der Waals surface area contributed by atoms with E-state index in [9.17, 15) is 9.59 Å². The molecule has 0 N–H and O–H groups in total. The van der Waals surface area contributed by atoms with E-state index in [0.29, 0.717) is 12.9 Å². The van der Waals surface area contributed by atoms with Gasteiger partial charge in [0, 0.05) is 6.20 Å². The van der Waals surface area contributed by atoms with Crippen LogP contribution < -0.4 is 0 Å². The average Bonchev–Trinajstić information content (AvgIpc) is 2.52. The second-order valence-corrected chi connectivity index (χ2v) is 2.02. The third-order valence-corrected chi connectivity index (χ3v) is 1.20. The fourth-order valence-corrected chi connectivity index (χ4v) is 0.697. The Morgan fingerprint density at radius 3 is 3.08 bits per heavy atom. The van der Waals surface area contributed by atoms with Crippen LogP contribution in [0.4, 0.5) is 4.79 Å². The van der Waals surface area contributed by atoms with Crippen molar-refractivity contribution in [2.24, 2.45) is 0 Å². The lowest BCUT2D eigenvalue weighted by molar-refractivity contribution is 0.111. The quantitative estimate of drug-likeness (QED) is 0.610. The fraction of sp³-hybridized carbons (Fsp3) is 0.286. The molecule has 12 heavy (non-hydrogen) atoms. The van der Waals surface area contributed by atoms with Crippen molar-refractivity contribution in [2.75, 3.05) is 6.61 Å². The second kappa shape index (κ2) is 3.66. The Morgan fingerprint density at radius 1 is 1.83 bits per heavy atom. The molecule has 1 heterocycles. The first-order valence-electron chi connectivity index (χ1n) is 3.44. The molecule has 1 rings (SSSR count). The number of aromatic nitrogens is 2. The molecular formula is C7H8N2O3. The summed E-state index contributed by atoms with van der Waals surface area (Å²) >= 11 is 0. The molecule has 0 radical (unpaired) electrons. The Labute approximate surface area is 69.0 Å². The molecule has 0 fully saturated rings. The molecule has 0 aromatic carbocycles. The summed E-state index contributed by atoms with van der Waals surface area (Å²) in [4.78, 5) is 24.8. The van der Waals surface area contributed by atoms with Gasteiger partial charge in [-0.15, -0.1) is 0 Å². The summed E-state index contributed by atoms with van der Waals surface area (Å²) in [6.07, 6.45) is 2.58. The van der Waals surface area contributed by atoms with Gasteiger partial charge >= 0.3 is 6.09 Å². The SMILES string of the molecule is CCOC(=O)n1cnc(C=O)c1. The highest BCUT2D eigenvalue weighted by Crippen LogP contribution is 1.94. The molecule has 5 heteroatoms. The third-order valence-electron chi connectivity index (χ3n) is 1.20. The van der Waals surface area contributed by atoms with Crippen molar-refractivity contribution in [3.05, 3.63) is 18.2 Å². The Kier molecular flexibility index (Phi) is 2.57. The van der Waals surface area contributed by atoms with E-state index in [-0.39, 0.29) is 5.69 Å². The summed E-state index contributed by atoms with van der Waals surface area (Å²) in [6, 6.07) is 0. The number of nitrogens with zero attached hydrogens (tertiary/aromatic N) is 2. The smallest absolute Gasteiger partial charge is 0.419 e. The number of rotatable bonds is 2. The van der Waals surface area contributed by atoms with Gasteiger partial charge in [0.1, 0.15) is 12.0 Å². The van der Waals surface area contributed by atoms with Crippen LogP contribution in [-0.4, -0.2) is 28.5 Å². The van der Waals surface area contributed by atoms with E-state index in [1.165, 1.54) is 12.5 Å². The van der Waals surface area contributed by atoms with E-state index in [1.54, 1.807) is 6.92 Å². The molecule has 0 aliphatic carbocycles. The summed E-state index contributed by atoms with van der Waals surface area (Å²) < 4.78 is 5.77. The minimum Gasteiger partial charge on any atom is -0.449 e. The zero-order valence-electron chi connectivity index (χ0n) is 6.56. The summed E-state index contributed by atoms with van der Waals surface area (Å²) in [5, 5.41) is 0. The Bertz CT molecular complexity index is 293. The molecule has 1 aromatic heterocycles. The summed E-state index contributed by atoms with van der Waals surface area (Å²) in [7, 11) is 0. The highest BCUT2D eigenvalue weighted by molar-refractivity contribution is 5.75. The first kappa shape index (κ1) is 8.45. The molecule has 64 valence electrons. The molecule has 5 nitrogen and oxygen atoms in total. The van der Waals surface area contributed by atoms with Gasteiger partial charge < -0.3 is 4.74 Å². The van der Waals surface area contributed by atoms with Gasteiger partial charge in [0.15, 0.2) is 6.29 Å². The predicted molar refractivity (Wildman–Crippen MR) is 40.0 cm³/mol. The van der Waals surface area contributed by atoms with E-state index in [2.05, 4.69) is 9.72 Å². The van der Waals surface area contributed by atoms with E-state index >= 15 is 0 Å². The number of imidazole rings is 1. The summed E-state index contributed by atoms with van der Waals surface area (Å²) in [6.45, 7) is 2.00. The monoisotopic (exact) mass is 168 g/mol. The molecular weight excluding hydrogens is 160 g/mol. The van der Waals surface area contributed by atoms with Crippen LogP contribution in [0.15, 0.2) is 12.5 Å². The van der Waals surface area contributed by atoms with E-state index in [1.807, 2.05) is 0 Å². The number of ether oxygens (including phenoxy) is 1. The maximum atomic E-state index is 11.0. The van der Waals surface area contributed by atoms with Gasteiger partial charge in [-0.2, -0.15) is 0 Å². The van der Waals surface area contributed by atoms with Crippen molar-refractivity contribution >= 4 is 12.4 Å². The highest BCUT2D eigenvalue weighted by Gasteiger charge is 2.05. The number of aldehydes is 1. The van der Waals surface area contributed by atoms with Crippen LogP contribution in [-0.2, 0) is 4.74 Å². The second-order valence-electron chi connectivity index (χ2n) is 2.02. The van der Waals surface area contributed by atoms with Crippen LogP contribution in [0.3, 0.4) is 0 Å². The van der Waals surface area contributed by atoms with Gasteiger partial charge in [-0.1, -0.05) is 0 Å². The maximum absolute atomic E-state index is 11.0. The maximum Gasteiger partial charge on any atom is 0.419 e. The van der Waals surface area contributed by atoms with Crippen molar-refractivity contribution in [3.8, 4) is 0 Å². The predicted octanol–water partition coefficient (Wildman–Crippen LogP) is 0.700. The Hall–Kier alpha value is -1.65. The van der Waals surface area contributed by atoms with Crippen LogP contribution in [0.2, 0.25) is 0 Å². The van der Waals surface area contributed by atoms with Crippen LogP contribution in [0.5, 0.6) is 0 Å². The molecule has 0 saturated carbocycles. The normalized spacial score (nSPS) is 9.42. The average molecular weight is 168 g/mol. The fourth-order valence-electron chi connectivity index (χ4n) is 0.697. The lowest BCUT2D eigenvalue weighted by Gasteiger charge is -1.98. The van der Waals surface area contributed by atoms with E-state index in [4.69, 9.17) is 0 Å². The third kappa shape index (κ3) is 1.69. The number of carbonyl (C=O) groups is 2. The van der Waals surface area contributed by atoms with Crippen molar-refractivity contribution in [1.29, 1.82) is 0 Å². The molecule has 1 aromatic rings. The lowest BCUT2D eigenvalue weighted by atomic mass is 10.5. The molecule has 0 spiro atoms. The standard InChI is InChI=1S/C7H8N2O3/c1-2-12-7(11)9-3-6(4-10)8-5-9/h3-5H,2H2,1H3. The largest absolute Gasteiger partial charge is 0.449 e. The molecule has 0 saturated heterocycles. The van der Waals surface area contributed by atoms with Crippen molar-refractivity contribution < 1.29 is 14.3 Å².